The molecule has 0 aromatic heterocycles. The van der Waals surface area contributed by atoms with E-state index in [1.807, 2.05) is 0 Å². The minimum atomic E-state index is 0.628. The van der Waals surface area contributed by atoms with Crippen LogP contribution in [0.5, 0.6) is 0 Å². The van der Waals surface area contributed by atoms with E-state index >= 15 is 0 Å². The first-order valence-electron chi connectivity index (χ1n) is 9.14. The Balaban J connectivity index is 2.02. The van der Waals surface area contributed by atoms with E-state index in [0.717, 1.165) is 37.3 Å². The summed E-state index contributed by atoms with van der Waals surface area (Å²) in [6.07, 6.45) is 13.4. The molecule has 0 unspecified atom stereocenters. The summed E-state index contributed by atoms with van der Waals surface area (Å²) in [5.74, 6) is 0.628. The lowest BCUT2D eigenvalue weighted by Crippen LogP contribution is -2.28. The molecular weight excluding hydrogens is 292 g/mol. The van der Waals surface area contributed by atoms with Crippen molar-refractivity contribution in [3.05, 3.63) is 58.9 Å². The van der Waals surface area contributed by atoms with Crippen molar-refractivity contribution in [3.8, 4) is 0 Å². The van der Waals surface area contributed by atoms with Crippen LogP contribution in [0.3, 0.4) is 0 Å². The van der Waals surface area contributed by atoms with Crippen LogP contribution >= 0.6 is 0 Å². The van der Waals surface area contributed by atoms with Crippen LogP contribution in [0.25, 0.3) is 0 Å². The second-order valence-corrected chi connectivity index (χ2v) is 7.10. The monoisotopic (exact) mass is 324 g/mol. The molecule has 0 aromatic rings. The van der Waals surface area contributed by atoms with Crippen LogP contribution < -0.4 is 5.32 Å². The van der Waals surface area contributed by atoms with Gasteiger partial charge in [-0.05, 0) is 83.5 Å². The van der Waals surface area contributed by atoms with Gasteiger partial charge in [0.15, 0.2) is 0 Å². The highest BCUT2D eigenvalue weighted by Crippen LogP contribution is 2.22. The molecule has 1 fully saturated rings. The zero-order valence-electron chi connectivity index (χ0n) is 15.8. The standard InChI is InChI=1S/C22H32N2/c1-16-6-10-22(11-7-16)20(5)24-19(4)17(2)8-9-18(3)21-12-14-23-15-13-21/h6,8-10,21,23H,3,7,11-15H2,1-2,4-5H3/b9-8-,19-17+,24-20?. The molecule has 0 bridgehead atoms. The van der Waals surface area contributed by atoms with Gasteiger partial charge < -0.3 is 5.32 Å². The Hall–Kier alpha value is -1.67. The van der Waals surface area contributed by atoms with E-state index < -0.39 is 0 Å². The molecule has 1 aliphatic heterocycles. The topological polar surface area (TPSA) is 24.4 Å². The highest BCUT2D eigenvalue weighted by atomic mass is 14.9. The van der Waals surface area contributed by atoms with Crippen LogP contribution in [0.2, 0.25) is 0 Å². The second kappa shape index (κ2) is 8.98. The Kier molecular flexibility index (Phi) is 6.99. The Morgan fingerprint density at radius 1 is 1.12 bits per heavy atom. The number of rotatable bonds is 5. The first kappa shape index (κ1) is 18.7. The van der Waals surface area contributed by atoms with Gasteiger partial charge in [-0.2, -0.15) is 0 Å². The lowest BCUT2D eigenvalue weighted by molar-refractivity contribution is 0.426. The van der Waals surface area contributed by atoms with E-state index in [-0.39, 0.29) is 0 Å². The first-order valence-corrected chi connectivity index (χ1v) is 9.14. The molecule has 2 rings (SSSR count). The Labute approximate surface area is 147 Å². The van der Waals surface area contributed by atoms with Crippen molar-refractivity contribution in [3.63, 3.8) is 0 Å². The van der Waals surface area contributed by atoms with Gasteiger partial charge in [0.1, 0.15) is 0 Å². The fraction of sp³-hybridized carbons (Fsp3) is 0.500. The molecule has 0 saturated carbocycles. The van der Waals surface area contributed by atoms with Crippen molar-refractivity contribution in [2.75, 3.05) is 13.1 Å². The molecular formula is C22H32N2. The molecule has 1 heterocycles. The number of allylic oxidation sites excluding steroid dienone is 9. The summed E-state index contributed by atoms with van der Waals surface area (Å²) in [4.78, 5) is 4.82. The molecule has 1 aliphatic carbocycles. The van der Waals surface area contributed by atoms with Crippen LogP contribution in [0.15, 0.2) is 63.9 Å². The van der Waals surface area contributed by atoms with Crippen molar-refractivity contribution in [1.82, 2.24) is 5.32 Å². The van der Waals surface area contributed by atoms with E-state index in [0.29, 0.717) is 5.92 Å². The summed E-state index contributed by atoms with van der Waals surface area (Å²) < 4.78 is 0. The van der Waals surface area contributed by atoms with Crippen LogP contribution in [0, 0.1) is 5.92 Å². The van der Waals surface area contributed by atoms with Crippen LogP contribution in [0.1, 0.15) is 53.4 Å². The summed E-state index contributed by atoms with van der Waals surface area (Å²) >= 11 is 0. The molecule has 2 nitrogen and oxygen atoms in total. The predicted molar refractivity (Wildman–Crippen MR) is 106 cm³/mol. The van der Waals surface area contributed by atoms with E-state index in [9.17, 15) is 0 Å². The minimum Gasteiger partial charge on any atom is -0.317 e. The molecule has 2 aliphatic rings. The number of aliphatic imine (C=N–C) groups is 1. The fourth-order valence-electron chi connectivity index (χ4n) is 3.14. The summed E-state index contributed by atoms with van der Waals surface area (Å²) in [7, 11) is 0. The maximum absolute atomic E-state index is 4.82. The van der Waals surface area contributed by atoms with E-state index in [2.05, 4.69) is 63.9 Å². The quantitative estimate of drug-likeness (QED) is 0.522. The van der Waals surface area contributed by atoms with Crippen LogP contribution in [0.4, 0.5) is 0 Å². The molecule has 0 spiro atoms. The van der Waals surface area contributed by atoms with Crippen molar-refractivity contribution >= 4 is 5.71 Å². The van der Waals surface area contributed by atoms with Crippen molar-refractivity contribution in [2.45, 2.75) is 53.4 Å². The van der Waals surface area contributed by atoms with Crippen molar-refractivity contribution < 1.29 is 0 Å². The maximum atomic E-state index is 4.82. The summed E-state index contributed by atoms with van der Waals surface area (Å²) in [5, 5.41) is 3.41. The molecule has 0 atom stereocenters. The van der Waals surface area contributed by atoms with E-state index in [1.54, 1.807) is 0 Å². The van der Waals surface area contributed by atoms with Gasteiger partial charge >= 0.3 is 0 Å². The van der Waals surface area contributed by atoms with Gasteiger partial charge in [-0.1, -0.05) is 42.0 Å². The van der Waals surface area contributed by atoms with Crippen LogP contribution in [-0.2, 0) is 0 Å². The third kappa shape index (κ3) is 5.45. The first-order chi connectivity index (χ1) is 11.5. The largest absolute Gasteiger partial charge is 0.317 e. The minimum absolute atomic E-state index is 0.628. The van der Waals surface area contributed by atoms with Gasteiger partial charge in [0, 0.05) is 11.4 Å². The van der Waals surface area contributed by atoms with Crippen LogP contribution in [-0.4, -0.2) is 18.8 Å². The van der Waals surface area contributed by atoms with Gasteiger partial charge in [0.25, 0.3) is 0 Å². The molecule has 0 radical (unpaired) electrons. The maximum Gasteiger partial charge on any atom is 0.0408 e. The molecule has 2 heteroatoms. The average Bonchev–Trinajstić information content (AvgIpc) is 2.60. The molecule has 130 valence electrons. The fourth-order valence-corrected chi connectivity index (χ4v) is 3.14. The van der Waals surface area contributed by atoms with E-state index in [4.69, 9.17) is 4.99 Å². The van der Waals surface area contributed by atoms with Crippen molar-refractivity contribution in [1.29, 1.82) is 0 Å². The highest BCUT2D eigenvalue weighted by Gasteiger charge is 2.14. The number of hydrogen-bond acceptors (Lipinski definition) is 2. The third-order valence-corrected chi connectivity index (χ3v) is 5.14. The van der Waals surface area contributed by atoms with Crippen molar-refractivity contribution in [2.24, 2.45) is 10.9 Å². The molecule has 1 saturated heterocycles. The van der Waals surface area contributed by atoms with E-state index in [1.165, 1.54) is 35.1 Å². The molecule has 0 aromatic carbocycles. The molecule has 1 N–H and O–H groups in total. The SMILES string of the molecule is C=C(/C=C\C(C)=C(/C)N=C(C)C1=CC=C(C)CC1)C1CCNCC1. The summed E-state index contributed by atoms with van der Waals surface area (Å²) in [6, 6.07) is 0. The number of hydrogen-bond donors (Lipinski definition) is 1. The Morgan fingerprint density at radius 2 is 1.83 bits per heavy atom. The second-order valence-electron chi connectivity index (χ2n) is 7.10. The average molecular weight is 325 g/mol. The highest BCUT2D eigenvalue weighted by molar-refractivity contribution is 5.99. The Bertz CT molecular complexity index is 620. The molecule has 0 amide bonds. The smallest absolute Gasteiger partial charge is 0.0408 e. The zero-order chi connectivity index (χ0) is 17.5. The van der Waals surface area contributed by atoms with Gasteiger partial charge in [0.05, 0.1) is 0 Å². The Morgan fingerprint density at radius 3 is 2.46 bits per heavy atom. The van der Waals surface area contributed by atoms with Gasteiger partial charge in [-0.3, -0.25) is 4.99 Å². The number of nitrogens with zero attached hydrogens (tertiary/aromatic N) is 1. The predicted octanol–water partition coefficient (Wildman–Crippen LogP) is 5.52. The lowest BCUT2D eigenvalue weighted by Gasteiger charge is -2.23. The van der Waals surface area contributed by atoms with Gasteiger partial charge in [0.2, 0.25) is 0 Å². The summed E-state index contributed by atoms with van der Waals surface area (Å²) in [6.45, 7) is 15.0. The van der Waals surface area contributed by atoms with Gasteiger partial charge in [-0.25, -0.2) is 0 Å². The normalized spacial score (nSPS) is 21.4. The third-order valence-electron chi connectivity index (χ3n) is 5.14. The number of piperidine rings is 1. The molecule has 24 heavy (non-hydrogen) atoms. The summed E-state index contributed by atoms with van der Waals surface area (Å²) in [5.41, 5.74) is 7.51. The number of nitrogens with one attached hydrogen (secondary N) is 1. The van der Waals surface area contributed by atoms with Gasteiger partial charge in [-0.15, -0.1) is 0 Å². The zero-order valence-corrected chi connectivity index (χ0v) is 15.8. The lowest BCUT2D eigenvalue weighted by atomic mass is 9.90.